The molecule has 0 aliphatic heterocycles. The first-order valence-electron chi connectivity index (χ1n) is 6.16. The fourth-order valence-electron chi connectivity index (χ4n) is 1.73. The number of aromatic nitrogens is 2. The molecule has 2 N–H and O–H groups in total. The Bertz CT molecular complexity index is 486. The van der Waals surface area contributed by atoms with Crippen molar-refractivity contribution in [2.45, 2.75) is 51.4 Å². The van der Waals surface area contributed by atoms with E-state index in [4.69, 9.17) is 5.73 Å². The summed E-state index contributed by atoms with van der Waals surface area (Å²) in [6, 6.07) is 2.04. The predicted molar refractivity (Wildman–Crippen MR) is 73.0 cm³/mol. The van der Waals surface area contributed by atoms with Crippen LogP contribution in [0.5, 0.6) is 0 Å². The van der Waals surface area contributed by atoms with Crippen molar-refractivity contribution in [1.29, 1.82) is 0 Å². The summed E-state index contributed by atoms with van der Waals surface area (Å²) in [6.07, 6.45) is 2.79. The minimum absolute atomic E-state index is 0.0316. The molecule has 0 saturated carbocycles. The van der Waals surface area contributed by atoms with Crippen LogP contribution in [0.2, 0.25) is 0 Å². The second-order valence-corrected chi connectivity index (χ2v) is 7.63. The molecule has 0 radical (unpaired) electrons. The van der Waals surface area contributed by atoms with E-state index in [0.29, 0.717) is 5.69 Å². The lowest BCUT2D eigenvalue weighted by Crippen LogP contribution is -2.40. The molecule has 1 atom stereocenters. The third-order valence-corrected chi connectivity index (χ3v) is 4.59. The Balaban J connectivity index is 2.76. The Labute approximate surface area is 109 Å². The summed E-state index contributed by atoms with van der Waals surface area (Å²) < 4.78 is 25.7. The van der Waals surface area contributed by atoms with Gasteiger partial charge in [-0.1, -0.05) is 6.92 Å². The molecule has 1 rings (SSSR count). The van der Waals surface area contributed by atoms with Crippen molar-refractivity contribution in [3.8, 4) is 0 Å². The Morgan fingerprint density at radius 1 is 1.50 bits per heavy atom. The quantitative estimate of drug-likeness (QED) is 0.852. The fraction of sp³-hybridized carbons (Fsp3) is 0.750. The van der Waals surface area contributed by atoms with E-state index in [1.165, 1.54) is 0 Å². The highest BCUT2D eigenvalue weighted by Gasteiger charge is 2.23. The van der Waals surface area contributed by atoms with Crippen LogP contribution in [0, 0.1) is 0 Å². The van der Waals surface area contributed by atoms with Gasteiger partial charge in [0.05, 0.1) is 17.2 Å². The maximum absolute atomic E-state index is 11.9. The average Bonchev–Trinajstić information content (AvgIpc) is 2.60. The first kappa shape index (κ1) is 15.2. The summed E-state index contributed by atoms with van der Waals surface area (Å²) >= 11 is 0. The van der Waals surface area contributed by atoms with Crippen LogP contribution in [0.15, 0.2) is 12.3 Å². The highest BCUT2D eigenvalue weighted by Crippen LogP contribution is 2.13. The zero-order valence-corrected chi connectivity index (χ0v) is 12.4. The molecule has 0 aliphatic carbocycles. The molecule has 0 amide bonds. The van der Waals surface area contributed by atoms with E-state index < -0.39 is 15.4 Å². The predicted octanol–water partition coefficient (Wildman–Crippen LogP) is 1.51. The molecule has 6 heteroatoms. The molecule has 1 aromatic heterocycles. The first-order chi connectivity index (χ1) is 8.13. The van der Waals surface area contributed by atoms with Gasteiger partial charge in [0.1, 0.15) is 0 Å². The lowest BCUT2D eigenvalue weighted by atomic mass is 10.1. The van der Waals surface area contributed by atoms with E-state index in [1.54, 1.807) is 24.6 Å². The van der Waals surface area contributed by atoms with Gasteiger partial charge < -0.3 is 5.73 Å². The SMILES string of the molecule is CCC(C)n1ccc(CS(=O)(=O)CC(C)(C)N)n1. The molecule has 0 aliphatic rings. The van der Waals surface area contributed by atoms with Gasteiger partial charge in [-0.3, -0.25) is 4.68 Å². The van der Waals surface area contributed by atoms with E-state index in [0.717, 1.165) is 6.42 Å². The van der Waals surface area contributed by atoms with E-state index in [2.05, 4.69) is 12.0 Å². The fourth-order valence-corrected chi connectivity index (χ4v) is 3.57. The number of hydrogen-bond donors (Lipinski definition) is 1. The molecular formula is C12H23N3O2S. The molecule has 5 nitrogen and oxygen atoms in total. The number of hydrogen-bond acceptors (Lipinski definition) is 4. The summed E-state index contributed by atoms with van der Waals surface area (Å²) in [4.78, 5) is 0. The van der Waals surface area contributed by atoms with Gasteiger partial charge in [-0.15, -0.1) is 0 Å². The molecule has 0 aromatic carbocycles. The highest BCUT2D eigenvalue weighted by atomic mass is 32.2. The summed E-state index contributed by atoms with van der Waals surface area (Å²) in [7, 11) is -3.21. The third-order valence-electron chi connectivity index (χ3n) is 2.67. The minimum atomic E-state index is -3.21. The van der Waals surface area contributed by atoms with Gasteiger partial charge in [-0.2, -0.15) is 5.10 Å². The lowest BCUT2D eigenvalue weighted by Gasteiger charge is -2.17. The van der Waals surface area contributed by atoms with Gasteiger partial charge in [0, 0.05) is 17.8 Å². The van der Waals surface area contributed by atoms with Crippen LogP contribution in [0.1, 0.15) is 45.9 Å². The molecule has 1 heterocycles. The number of sulfone groups is 1. The van der Waals surface area contributed by atoms with Crippen molar-refractivity contribution in [2.24, 2.45) is 5.73 Å². The molecule has 1 aromatic rings. The maximum atomic E-state index is 11.9. The molecule has 18 heavy (non-hydrogen) atoms. The van der Waals surface area contributed by atoms with Gasteiger partial charge in [0.15, 0.2) is 9.84 Å². The molecule has 0 saturated heterocycles. The Hall–Kier alpha value is -0.880. The van der Waals surface area contributed by atoms with Crippen molar-refractivity contribution >= 4 is 9.84 Å². The van der Waals surface area contributed by atoms with Crippen molar-refractivity contribution < 1.29 is 8.42 Å². The van der Waals surface area contributed by atoms with Crippen molar-refractivity contribution in [1.82, 2.24) is 9.78 Å². The molecular weight excluding hydrogens is 250 g/mol. The summed E-state index contributed by atoms with van der Waals surface area (Å²) in [5.74, 6) is -0.0761. The van der Waals surface area contributed by atoms with Crippen LogP contribution in [-0.4, -0.2) is 29.5 Å². The Kier molecular flexibility index (Phi) is 4.55. The lowest BCUT2D eigenvalue weighted by molar-refractivity contribution is 0.474. The second-order valence-electron chi connectivity index (χ2n) is 5.57. The van der Waals surface area contributed by atoms with Crippen molar-refractivity contribution in [2.75, 3.05) is 5.75 Å². The van der Waals surface area contributed by atoms with Gasteiger partial charge in [-0.05, 0) is 33.3 Å². The van der Waals surface area contributed by atoms with Crippen molar-refractivity contribution in [3.05, 3.63) is 18.0 Å². The second kappa shape index (κ2) is 5.40. The van der Waals surface area contributed by atoms with Crippen LogP contribution in [0.25, 0.3) is 0 Å². The largest absolute Gasteiger partial charge is 0.325 e. The third kappa shape index (κ3) is 4.78. The standard InChI is InChI=1S/C12H23N3O2S/c1-5-10(2)15-7-6-11(14-15)8-18(16,17)9-12(3,4)13/h6-7,10H,5,8-9,13H2,1-4H3. The monoisotopic (exact) mass is 273 g/mol. The number of nitrogens with zero attached hydrogens (tertiary/aromatic N) is 2. The average molecular weight is 273 g/mol. The molecule has 0 bridgehead atoms. The normalized spacial score (nSPS) is 14.7. The van der Waals surface area contributed by atoms with Crippen LogP contribution < -0.4 is 5.73 Å². The topological polar surface area (TPSA) is 78.0 Å². The van der Waals surface area contributed by atoms with E-state index in [1.807, 2.05) is 13.1 Å². The van der Waals surface area contributed by atoms with Gasteiger partial charge >= 0.3 is 0 Å². The summed E-state index contributed by atoms with van der Waals surface area (Å²) in [5, 5.41) is 4.29. The minimum Gasteiger partial charge on any atom is -0.325 e. The van der Waals surface area contributed by atoms with Crippen molar-refractivity contribution in [3.63, 3.8) is 0 Å². The van der Waals surface area contributed by atoms with E-state index in [9.17, 15) is 8.42 Å². The number of rotatable bonds is 6. The van der Waals surface area contributed by atoms with E-state index in [-0.39, 0.29) is 17.5 Å². The van der Waals surface area contributed by atoms with Gasteiger partial charge in [0.25, 0.3) is 0 Å². The summed E-state index contributed by atoms with van der Waals surface area (Å²) in [6.45, 7) is 7.54. The first-order valence-corrected chi connectivity index (χ1v) is 7.98. The van der Waals surface area contributed by atoms with E-state index >= 15 is 0 Å². The summed E-state index contributed by atoms with van der Waals surface area (Å²) in [5.41, 5.74) is 5.62. The Morgan fingerprint density at radius 2 is 2.11 bits per heavy atom. The molecule has 0 spiro atoms. The maximum Gasteiger partial charge on any atom is 0.157 e. The highest BCUT2D eigenvalue weighted by molar-refractivity contribution is 7.90. The molecule has 1 unspecified atom stereocenters. The smallest absolute Gasteiger partial charge is 0.157 e. The van der Waals surface area contributed by atoms with Crippen LogP contribution >= 0.6 is 0 Å². The van der Waals surface area contributed by atoms with Crippen LogP contribution in [-0.2, 0) is 15.6 Å². The molecule has 104 valence electrons. The van der Waals surface area contributed by atoms with Crippen LogP contribution in [0.4, 0.5) is 0 Å². The van der Waals surface area contributed by atoms with Gasteiger partial charge in [-0.25, -0.2) is 8.42 Å². The zero-order valence-electron chi connectivity index (χ0n) is 11.5. The molecule has 0 fully saturated rings. The Morgan fingerprint density at radius 3 is 2.61 bits per heavy atom. The van der Waals surface area contributed by atoms with Gasteiger partial charge in [0.2, 0.25) is 0 Å². The zero-order chi connectivity index (χ0) is 14.0. The number of nitrogens with two attached hydrogens (primary N) is 1. The van der Waals surface area contributed by atoms with Crippen LogP contribution in [0.3, 0.4) is 0 Å².